The quantitative estimate of drug-likeness (QED) is 0.418. The summed E-state index contributed by atoms with van der Waals surface area (Å²) in [7, 11) is 0. The topological polar surface area (TPSA) is 138 Å². The maximum atomic E-state index is 12.9. The summed E-state index contributed by atoms with van der Waals surface area (Å²) in [5.74, 6) is 1.47. The first kappa shape index (κ1) is 22.2. The van der Waals surface area contributed by atoms with Crippen LogP contribution in [0.1, 0.15) is 42.7 Å². The van der Waals surface area contributed by atoms with Gasteiger partial charge in [0.15, 0.2) is 0 Å². The van der Waals surface area contributed by atoms with Crippen LogP contribution in [0.2, 0.25) is 0 Å². The molecule has 0 bridgehead atoms. The van der Waals surface area contributed by atoms with E-state index in [4.69, 9.17) is 4.52 Å². The molecule has 0 saturated carbocycles. The molecule has 3 heterocycles. The second-order valence-corrected chi connectivity index (χ2v) is 7.89. The molecule has 3 aromatic rings. The van der Waals surface area contributed by atoms with Gasteiger partial charge in [0.05, 0.1) is 13.1 Å². The van der Waals surface area contributed by atoms with Crippen molar-refractivity contribution in [2.75, 3.05) is 23.7 Å². The molecule has 0 spiro atoms. The van der Waals surface area contributed by atoms with Gasteiger partial charge in [-0.25, -0.2) is 4.98 Å². The average molecular weight is 451 g/mol. The van der Waals surface area contributed by atoms with Gasteiger partial charge >= 0.3 is 0 Å². The van der Waals surface area contributed by atoms with E-state index in [-0.39, 0.29) is 24.4 Å². The van der Waals surface area contributed by atoms with Crippen LogP contribution in [0.25, 0.3) is 11.4 Å². The van der Waals surface area contributed by atoms with E-state index in [2.05, 4.69) is 36.1 Å². The largest absolute Gasteiger partial charge is 0.361 e. The van der Waals surface area contributed by atoms with E-state index in [1.165, 1.54) is 6.92 Å². The first-order valence-electron chi connectivity index (χ1n) is 10.7. The number of benzene rings is 1. The Kier molecular flexibility index (Phi) is 6.48. The van der Waals surface area contributed by atoms with Gasteiger partial charge in [0.1, 0.15) is 11.5 Å². The van der Waals surface area contributed by atoms with Gasteiger partial charge in [-0.1, -0.05) is 35.5 Å². The fraction of sp³-hybridized carbons (Fsp3) is 0.364. The molecular formula is C22H26N8O3. The number of carbonyl (C=O) groups is 2. The second-order valence-electron chi connectivity index (χ2n) is 7.89. The van der Waals surface area contributed by atoms with E-state index in [0.717, 1.165) is 11.1 Å². The van der Waals surface area contributed by atoms with E-state index in [1.807, 2.05) is 44.2 Å². The Morgan fingerprint density at radius 3 is 2.64 bits per heavy atom. The van der Waals surface area contributed by atoms with Crippen LogP contribution in [0.4, 0.5) is 11.8 Å². The van der Waals surface area contributed by atoms with E-state index in [1.54, 1.807) is 4.90 Å². The van der Waals surface area contributed by atoms with Gasteiger partial charge in [0, 0.05) is 37.2 Å². The van der Waals surface area contributed by atoms with Gasteiger partial charge < -0.3 is 25.4 Å². The summed E-state index contributed by atoms with van der Waals surface area (Å²) < 4.78 is 5.37. The Balaban J connectivity index is 1.52. The normalized spacial score (nSPS) is 12.7. The lowest BCUT2D eigenvalue weighted by atomic mass is 10.2. The standard InChI is InChI=1S/C22H26N8O3/c1-13(2)30-12-16-18(21(30)32)27-22(24-10-9-23-14(3)31)28-20(16)25-11-17-26-19(29-33-17)15-7-5-4-6-8-15/h4-8,13H,9-12H2,1-3H3,(H,23,31)(H2,24,25,27,28). The molecule has 3 N–H and O–H groups in total. The molecule has 0 unspecified atom stereocenters. The molecule has 2 amide bonds. The predicted octanol–water partition coefficient (Wildman–Crippen LogP) is 2.05. The highest BCUT2D eigenvalue weighted by Crippen LogP contribution is 2.29. The summed E-state index contributed by atoms with van der Waals surface area (Å²) in [4.78, 5) is 39.1. The summed E-state index contributed by atoms with van der Waals surface area (Å²) >= 11 is 0. The zero-order valence-electron chi connectivity index (χ0n) is 18.8. The number of nitrogens with zero attached hydrogens (tertiary/aromatic N) is 5. The minimum Gasteiger partial charge on any atom is -0.361 e. The third kappa shape index (κ3) is 5.08. The Morgan fingerprint density at radius 2 is 1.91 bits per heavy atom. The van der Waals surface area contributed by atoms with Crippen molar-refractivity contribution < 1.29 is 14.1 Å². The van der Waals surface area contributed by atoms with Crippen molar-refractivity contribution in [3.8, 4) is 11.4 Å². The summed E-state index contributed by atoms with van der Waals surface area (Å²) in [5, 5.41) is 13.0. The molecule has 1 aliphatic rings. The van der Waals surface area contributed by atoms with Crippen LogP contribution in [0.15, 0.2) is 34.9 Å². The maximum absolute atomic E-state index is 12.9. The molecule has 0 radical (unpaired) electrons. The van der Waals surface area contributed by atoms with Crippen molar-refractivity contribution in [3.63, 3.8) is 0 Å². The molecule has 1 aliphatic heterocycles. The Morgan fingerprint density at radius 1 is 1.12 bits per heavy atom. The van der Waals surface area contributed by atoms with Gasteiger partial charge in [0.2, 0.25) is 23.6 Å². The number of fused-ring (bicyclic) bond motifs is 1. The summed E-state index contributed by atoms with van der Waals surface area (Å²) in [6.07, 6.45) is 0. The summed E-state index contributed by atoms with van der Waals surface area (Å²) in [6, 6.07) is 9.58. The molecule has 172 valence electrons. The monoisotopic (exact) mass is 450 g/mol. The average Bonchev–Trinajstić information content (AvgIpc) is 3.41. The molecule has 1 aromatic carbocycles. The highest BCUT2D eigenvalue weighted by Gasteiger charge is 2.34. The lowest BCUT2D eigenvalue weighted by Crippen LogP contribution is -2.31. The second kappa shape index (κ2) is 9.63. The number of amides is 2. The fourth-order valence-corrected chi connectivity index (χ4v) is 3.43. The zero-order chi connectivity index (χ0) is 23.4. The fourth-order valence-electron chi connectivity index (χ4n) is 3.43. The molecule has 4 rings (SSSR count). The molecule has 0 saturated heterocycles. The van der Waals surface area contributed by atoms with Crippen LogP contribution in [0, 0.1) is 0 Å². The van der Waals surface area contributed by atoms with E-state index < -0.39 is 0 Å². The van der Waals surface area contributed by atoms with Crippen LogP contribution in [0.5, 0.6) is 0 Å². The maximum Gasteiger partial charge on any atom is 0.273 e. The third-order valence-electron chi connectivity index (χ3n) is 5.11. The van der Waals surface area contributed by atoms with Crippen molar-refractivity contribution in [2.24, 2.45) is 0 Å². The smallest absolute Gasteiger partial charge is 0.273 e. The molecule has 2 aromatic heterocycles. The summed E-state index contributed by atoms with van der Waals surface area (Å²) in [5.41, 5.74) is 1.95. The lowest BCUT2D eigenvalue weighted by Gasteiger charge is -2.19. The van der Waals surface area contributed by atoms with Crippen LogP contribution in [0.3, 0.4) is 0 Å². The molecular weight excluding hydrogens is 424 g/mol. The number of carbonyl (C=O) groups excluding carboxylic acids is 2. The molecule has 0 fully saturated rings. The number of anilines is 2. The minimum absolute atomic E-state index is 0.0279. The number of hydrogen-bond acceptors (Lipinski definition) is 9. The summed E-state index contributed by atoms with van der Waals surface area (Å²) in [6.45, 7) is 6.86. The van der Waals surface area contributed by atoms with E-state index in [0.29, 0.717) is 48.8 Å². The lowest BCUT2D eigenvalue weighted by molar-refractivity contribution is -0.118. The first-order chi connectivity index (χ1) is 15.9. The number of aromatic nitrogens is 4. The third-order valence-corrected chi connectivity index (χ3v) is 5.11. The van der Waals surface area contributed by atoms with Crippen LogP contribution in [-0.2, 0) is 17.9 Å². The Labute approximate surface area is 191 Å². The Bertz CT molecular complexity index is 1150. The predicted molar refractivity (Wildman–Crippen MR) is 121 cm³/mol. The zero-order valence-corrected chi connectivity index (χ0v) is 18.8. The number of rotatable bonds is 9. The van der Waals surface area contributed by atoms with Crippen LogP contribution < -0.4 is 16.0 Å². The number of nitrogens with one attached hydrogen (secondary N) is 3. The van der Waals surface area contributed by atoms with Crippen LogP contribution in [-0.4, -0.2) is 56.0 Å². The van der Waals surface area contributed by atoms with Gasteiger partial charge in [-0.15, -0.1) is 0 Å². The molecule has 0 aliphatic carbocycles. The van der Waals surface area contributed by atoms with Gasteiger partial charge in [-0.2, -0.15) is 9.97 Å². The van der Waals surface area contributed by atoms with Crippen molar-refractivity contribution >= 4 is 23.6 Å². The highest BCUT2D eigenvalue weighted by molar-refractivity contribution is 5.98. The van der Waals surface area contributed by atoms with Crippen molar-refractivity contribution in [2.45, 2.75) is 39.9 Å². The van der Waals surface area contributed by atoms with E-state index >= 15 is 0 Å². The van der Waals surface area contributed by atoms with Crippen molar-refractivity contribution in [3.05, 3.63) is 47.5 Å². The molecule has 11 heteroatoms. The van der Waals surface area contributed by atoms with E-state index in [9.17, 15) is 9.59 Å². The molecule has 33 heavy (non-hydrogen) atoms. The highest BCUT2D eigenvalue weighted by atomic mass is 16.5. The first-order valence-corrected chi connectivity index (χ1v) is 10.7. The molecule has 0 atom stereocenters. The van der Waals surface area contributed by atoms with Crippen molar-refractivity contribution in [1.82, 2.24) is 30.3 Å². The van der Waals surface area contributed by atoms with Gasteiger partial charge in [0.25, 0.3) is 5.91 Å². The van der Waals surface area contributed by atoms with Crippen LogP contribution >= 0.6 is 0 Å². The SMILES string of the molecule is CC(=O)NCCNc1nc(NCc2nc(-c3ccccc3)no2)c2c(n1)C(=O)N(C(C)C)C2. The van der Waals surface area contributed by atoms with Gasteiger partial charge in [-0.3, -0.25) is 9.59 Å². The number of hydrogen-bond donors (Lipinski definition) is 3. The van der Waals surface area contributed by atoms with Crippen molar-refractivity contribution in [1.29, 1.82) is 0 Å². The van der Waals surface area contributed by atoms with Gasteiger partial charge in [-0.05, 0) is 13.8 Å². The molecule has 11 nitrogen and oxygen atoms in total. The Hall–Kier alpha value is -4.02. The minimum atomic E-state index is -0.139.